The molecule has 1 fully saturated rings. The van der Waals surface area contributed by atoms with Gasteiger partial charge in [0.1, 0.15) is 5.82 Å². The van der Waals surface area contributed by atoms with Crippen molar-refractivity contribution in [2.45, 2.75) is 25.9 Å². The molecule has 1 aliphatic heterocycles. The summed E-state index contributed by atoms with van der Waals surface area (Å²) in [5.41, 5.74) is 4.74. The molecule has 3 heterocycles. The number of hydrogen-bond donors (Lipinski definition) is 1. The highest BCUT2D eigenvalue weighted by Crippen LogP contribution is 2.43. The van der Waals surface area contributed by atoms with Gasteiger partial charge in [0.2, 0.25) is 0 Å². The van der Waals surface area contributed by atoms with E-state index in [0.717, 1.165) is 22.6 Å². The van der Waals surface area contributed by atoms with Gasteiger partial charge in [0.15, 0.2) is 5.11 Å². The van der Waals surface area contributed by atoms with Crippen LogP contribution < -0.4 is 10.2 Å². The Morgan fingerprint density at radius 1 is 1.11 bits per heavy atom. The first-order valence-electron chi connectivity index (χ1n) is 8.87. The number of rotatable bonds is 3. The van der Waals surface area contributed by atoms with E-state index in [-0.39, 0.29) is 17.9 Å². The molecule has 0 spiro atoms. The fourth-order valence-corrected chi connectivity index (χ4v) is 4.10. The molecule has 2 atom stereocenters. The molecule has 4 rings (SSSR count). The molecule has 0 amide bonds. The molecule has 3 aromatic rings. The van der Waals surface area contributed by atoms with Crippen LogP contribution >= 0.6 is 12.2 Å². The van der Waals surface area contributed by atoms with Gasteiger partial charge in [0, 0.05) is 24.6 Å². The van der Waals surface area contributed by atoms with E-state index in [1.165, 1.54) is 6.07 Å². The highest BCUT2D eigenvalue weighted by atomic mass is 32.1. The number of hydrogen-bond acceptors (Lipinski definition) is 2. The van der Waals surface area contributed by atoms with Crippen LogP contribution in [0.25, 0.3) is 0 Å². The summed E-state index contributed by atoms with van der Waals surface area (Å²) in [7, 11) is 2.04. The lowest BCUT2D eigenvalue weighted by Gasteiger charge is -2.28. The fourth-order valence-electron chi connectivity index (χ4n) is 3.76. The van der Waals surface area contributed by atoms with Crippen LogP contribution in [0.1, 0.15) is 34.7 Å². The molecule has 6 heteroatoms. The van der Waals surface area contributed by atoms with Crippen LogP contribution in [0.15, 0.2) is 54.7 Å². The topological polar surface area (TPSA) is 33.1 Å². The number of nitrogens with zero attached hydrogens (tertiary/aromatic N) is 3. The number of thiocarbonyl (C=S) groups is 1. The van der Waals surface area contributed by atoms with E-state index in [9.17, 15) is 4.39 Å². The summed E-state index contributed by atoms with van der Waals surface area (Å²) < 4.78 is 16.8. The van der Waals surface area contributed by atoms with E-state index in [1.807, 2.05) is 36.2 Å². The van der Waals surface area contributed by atoms with Gasteiger partial charge in [-0.25, -0.2) is 4.39 Å². The summed E-state index contributed by atoms with van der Waals surface area (Å²) in [4.78, 5) is 6.41. The Morgan fingerprint density at radius 3 is 2.48 bits per heavy atom. The molecular weight excluding hydrogens is 359 g/mol. The van der Waals surface area contributed by atoms with E-state index in [4.69, 9.17) is 12.2 Å². The number of anilines is 1. The van der Waals surface area contributed by atoms with Gasteiger partial charge in [-0.3, -0.25) is 4.98 Å². The molecule has 1 N–H and O–H groups in total. The van der Waals surface area contributed by atoms with Gasteiger partial charge in [0.25, 0.3) is 0 Å². The van der Waals surface area contributed by atoms with Crippen LogP contribution in [0.5, 0.6) is 0 Å². The maximum absolute atomic E-state index is 14.7. The minimum atomic E-state index is -0.293. The Kier molecular flexibility index (Phi) is 4.44. The Balaban J connectivity index is 1.91. The number of aromatic nitrogens is 2. The van der Waals surface area contributed by atoms with Gasteiger partial charge < -0.3 is 14.8 Å². The van der Waals surface area contributed by atoms with Gasteiger partial charge in [-0.1, -0.05) is 18.2 Å². The monoisotopic (exact) mass is 380 g/mol. The quantitative estimate of drug-likeness (QED) is 0.685. The molecule has 0 aliphatic carbocycles. The highest BCUT2D eigenvalue weighted by molar-refractivity contribution is 7.80. The number of benzene rings is 1. The van der Waals surface area contributed by atoms with E-state index in [0.29, 0.717) is 10.8 Å². The number of aryl methyl sites for hydroxylation is 1. The van der Waals surface area contributed by atoms with Crippen LogP contribution in [-0.2, 0) is 7.05 Å². The Labute approximate surface area is 163 Å². The molecule has 27 heavy (non-hydrogen) atoms. The van der Waals surface area contributed by atoms with Crippen LogP contribution in [-0.4, -0.2) is 14.7 Å². The van der Waals surface area contributed by atoms with Crippen LogP contribution in [0, 0.1) is 19.7 Å². The maximum Gasteiger partial charge on any atom is 0.174 e. The average Bonchev–Trinajstić information content (AvgIpc) is 3.14. The number of halogens is 1. The second-order valence-electron chi connectivity index (χ2n) is 6.83. The van der Waals surface area contributed by atoms with Crippen molar-refractivity contribution >= 4 is 23.0 Å². The predicted molar refractivity (Wildman–Crippen MR) is 109 cm³/mol. The van der Waals surface area contributed by atoms with E-state index in [2.05, 4.69) is 34.8 Å². The van der Waals surface area contributed by atoms with Gasteiger partial charge in [-0.2, -0.15) is 0 Å². The van der Waals surface area contributed by atoms with Crippen molar-refractivity contribution in [1.82, 2.24) is 14.9 Å². The van der Waals surface area contributed by atoms with Gasteiger partial charge >= 0.3 is 0 Å². The summed E-state index contributed by atoms with van der Waals surface area (Å²) >= 11 is 5.63. The lowest BCUT2D eigenvalue weighted by atomic mass is 9.96. The zero-order valence-corrected chi connectivity index (χ0v) is 16.3. The normalized spacial score (nSPS) is 19.4. The molecule has 4 nitrogen and oxygen atoms in total. The van der Waals surface area contributed by atoms with Crippen LogP contribution in [0.3, 0.4) is 0 Å². The van der Waals surface area contributed by atoms with Crippen molar-refractivity contribution in [2.24, 2.45) is 7.05 Å². The smallest absolute Gasteiger partial charge is 0.174 e. The van der Waals surface area contributed by atoms with Crippen molar-refractivity contribution in [3.05, 3.63) is 83.2 Å². The molecule has 1 aromatic carbocycles. The SMILES string of the molecule is Cc1cc([C@H]2[C@H](c3ccccn3)NC(=S)N2c2ccccc2F)c(C)n1C. The summed E-state index contributed by atoms with van der Waals surface area (Å²) in [5, 5.41) is 3.87. The number of nitrogens with one attached hydrogen (secondary N) is 1. The molecule has 0 bridgehead atoms. The third-order valence-electron chi connectivity index (χ3n) is 5.34. The van der Waals surface area contributed by atoms with Gasteiger partial charge in [-0.15, -0.1) is 0 Å². The lowest BCUT2D eigenvalue weighted by molar-refractivity contribution is 0.555. The van der Waals surface area contributed by atoms with Crippen LogP contribution in [0.2, 0.25) is 0 Å². The molecule has 1 saturated heterocycles. The van der Waals surface area contributed by atoms with E-state index in [1.54, 1.807) is 18.3 Å². The zero-order chi connectivity index (χ0) is 19.1. The first-order chi connectivity index (χ1) is 13.0. The van der Waals surface area contributed by atoms with Crippen LogP contribution in [0.4, 0.5) is 10.1 Å². The van der Waals surface area contributed by atoms with Gasteiger partial charge in [-0.05, 0) is 62.0 Å². The molecule has 138 valence electrons. The lowest BCUT2D eigenvalue weighted by Crippen LogP contribution is -2.30. The molecular formula is C21H21FN4S. The highest BCUT2D eigenvalue weighted by Gasteiger charge is 2.42. The Morgan fingerprint density at radius 2 is 1.85 bits per heavy atom. The maximum atomic E-state index is 14.7. The molecule has 1 aliphatic rings. The Bertz CT molecular complexity index is 999. The summed E-state index contributed by atoms with van der Waals surface area (Å²) in [6.07, 6.45) is 1.77. The molecule has 0 saturated carbocycles. The van der Waals surface area contributed by atoms with Crippen molar-refractivity contribution in [3.63, 3.8) is 0 Å². The largest absolute Gasteiger partial charge is 0.352 e. The molecule has 0 unspecified atom stereocenters. The van der Waals surface area contributed by atoms with Crippen molar-refractivity contribution in [1.29, 1.82) is 0 Å². The second-order valence-corrected chi connectivity index (χ2v) is 7.22. The standard InChI is InChI=1S/C21H21FN4S/c1-13-12-15(14(2)25(13)3)20-19(17-9-6-7-11-23-17)24-21(27)26(20)18-10-5-4-8-16(18)22/h4-12,19-20H,1-3H3,(H,24,27)/t19-,20-/m0/s1. The number of pyridine rings is 1. The second kappa shape index (κ2) is 6.78. The zero-order valence-electron chi connectivity index (χ0n) is 15.5. The predicted octanol–water partition coefficient (Wildman–Crippen LogP) is 4.35. The van der Waals surface area contributed by atoms with Crippen molar-refractivity contribution < 1.29 is 4.39 Å². The summed E-state index contributed by atoms with van der Waals surface area (Å²) in [6, 6.07) is 14.4. The first kappa shape index (κ1) is 17.7. The number of para-hydroxylation sites is 1. The minimum absolute atomic E-state index is 0.168. The first-order valence-corrected chi connectivity index (χ1v) is 9.28. The summed E-state index contributed by atoms with van der Waals surface area (Å²) in [6.45, 7) is 4.15. The Hall–Kier alpha value is -2.73. The van der Waals surface area contributed by atoms with Gasteiger partial charge in [0.05, 0.1) is 23.5 Å². The van der Waals surface area contributed by atoms with Crippen molar-refractivity contribution in [3.8, 4) is 0 Å². The average molecular weight is 380 g/mol. The van der Waals surface area contributed by atoms with E-state index >= 15 is 0 Å². The molecule has 2 aromatic heterocycles. The fraction of sp³-hybridized carbons (Fsp3) is 0.238. The third kappa shape index (κ3) is 2.90. The summed E-state index contributed by atoms with van der Waals surface area (Å²) in [5.74, 6) is -0.293. The third-order valence-corrected chi connectivity index (χ3v) is 5.66. The minimum Gasteiger partial charge on any atom is -0.352 e. The molecule has 0 radical (unpaired) electrons. The van der Waals surface area contributed by atoms with Crippen molar-refractivity contribution in [2.75, 3.05) is 4.90 Å². The van der Waals surface area contributed by atoms with E-state index < -0.39 is 0 Å².